The lowest BCUT2D eigenvalue weighted by Crippen LogP contribution is -2.51. The number of nitrogens with one attached hydrogen (secondary N) is 1. The third kappa shape index (κ3) is 3.10. The Labute approximate surface area is 124 Å². The standard InChI is InChI=1S/C16H23F2N3/c1-19-15(13-5-2-6-14(17)16(13)18)11-20-8-9-21-7-3-4-12(21)10-20/h2,5-6,12,15,19H,3-4,7-11H2,1H3. The molecule has 1 aromatic carbocycles. The van der Waals surface area contributed by atoms with Crippen LogP contribution in [0.15, 0.2) is 18.2 Å². The fourth-order valence-electron chi connectivity index (χ4n) is 3.61. The van der Waals surface area contributed by atoms with Gasteiger partial charge in [-0.1, -0.05) is 12.1 Å². The molecule has 2 aliphatic rings. The van der Waals surface area contributed by atoms with Crippen molar-refractivity contribution < 1.29 is 8.78 Å². The maximum atomic E-state index is 14.0. The van der Waals surface area contributed by atoms with Gasteiger partial charge in [0.1, 0.15) is 0 Å². The van der Waals surface area contributed by atoms with Crippen molar-refractivity contribution >= 4 is 0 Å². The van der Waals surface area contributed by atoms with Gasteiger partial charge in [-0.25, -0.2) is 8.78 Å². The summed E-state index contributed by atoms with van der Waals surface area (Å²) in [5.74, 6) is -1.50. The van der Waals surface area contributed by atoms with Crippen LogP contribution < -0.4 is 5.32 Å². The van der Waals surface area contributed by atoms with E-state index >= 15 is 0 Å². The highest BCUT2D eigenvalue weighted by molar-refractivity contribution is 5.23. The summed E-state index contributed by atoms with van der Waals surface area (Å²) in [6, 6.07) is 4.89. The zero-order chi connectivity index (χ0) is 14.8. The molecule has 0 radical (unpaired) electrons. The molecule has 0 amide bonds. The van der Waals surface area contributed by atoms with Gasteiger partial charge in [-0.15, -0.1) is 0 Å². The molecule has 5 heteroatoms. The van der Waals surface area contributed by atoms with Crippen molar-refractivity contribution in [2.24, 2.45) is 0 Å². The lowest BCUT2D eigenvalue weighted by atomic mass is 10.0. The summed E-state index contributed by atoms with van der Waals surface area (Å²) in [6.07, 6.45) is 2.54. The Kier molecular flexibility index (Phi) is 4.52. The molecule has 0 spiro atoms. The summed E-state index contributed by atoms with van der Waals surface area (Å²) < 4.78 is 27.4. The first-order valence-corrected chi connectivity index (χ1v) is 7.76. The Bertz CT molecular complexity index is 494. The highest BCUT2D eigenvalue weighted by Gasteiger charge is 2.31. The first kappa shape index (κ1) is 14.9. The van der Waals surface area contributed by atoms with E-state index in [2.05, 4.69) is 15.1 Å². The molecule has 116 valence electrons. The van der Waals surface area contributed by atoms with E-state index in [9.17, 15) is 8.78 Å². The van der Waals surface area contributed by atoms with Crippen LogP contribution in [0, 0.1) is 11.6 Å². The molecule has 21 heavy (non-hydrogen) atoms. The van der Waals surface area contributed by atoms with Gasteiger partial charge >= 0.3 is 0 Å². The monoisotopic (exact) mass is 295 g/mol. The highest BCUT2D eigenvalue weighted by atomic mass is 19.2. The van der Waals surface area contributed by atoms with Crippen LogP contribution in [0.5, 0.6) is 0 Å². The Hall–Kier alpha value is -1.04. The summed E-state index contributed by atoms with van der Waals surface area (Å²) in [6.45, 7) is 5.07. The Balaban J connectivity index is 1.68. The van der Waals surface area contributed by atoms with Crippen LogP contribution >= 0.6 is 0 Å². The van der Waals surface area contributed by atoms with E-state index in [0.29, 0.717) is 11.6 Å². The molecular formula is C16H23F2N3. The molecule has 0 aliphatic carbocycles. The highest BCUT2D eigenvalue weighted by Crippen LogP contribution is 2.24. The molecule has 2 heterocycles. The van der Waals surface area contributed by atoms with Gasteiger partial charge in [-0.05, 0) is 32.5 Å². The van der Waals surface area contributed by atoms with Crippen molar-refractivity contribution in [1.82, 2.24) is 15.1 Å². The molecule has 0 saturated carbocycles. The van der Waals surface area contributed by atoms with Crippen LogP contribution in [0.25, 0.3) is 0 Å². The van der Waals surface area contributed by atoms with Gasteiger partial charge in [-0.2, -0.15) is 0 Å². The molecule has 0 bridgehead atoms. The SMILES string of the molecule is CNC(CN1CCN2CCCC2C1)c1cccc(F)c1F. The molecule has 2 atom stereocenters. The van der Waals surface area contributed by atoms with Crippen LogP contribution in [0.4, 0.5) is 8.78 Å². The van der Waals surface area contributed by atoms with Gasteiger partial charge in [0.25, 0.3) is 0 Å². The van der Waals surface area contributed by atoms with Gasteiger partial charge in [0, 0.05) is 43.8 Å². The molecule has 1 aromatic rings. The number of halogens is 2. The minimum Gasteiger partial charge on any atom is -0.312 e. The van der Waals surface area contributed by atoms with Crippen LogP contribution in [0.3, 0.4) is 0 Å². The van der Waals surface area contributed by atoms with E-state index in [1.54, 1.807) is 19.2 Å². The quantitative estimate of drug-likeness (QED) is 0.916. The van der Waals surface area contributed by atoms with E-state index < -0.39 is 11.6 Å². The number of benzene rings is 1. The van der Waals surface area contributed by atoms with Crippen molar-refractivity contribution in [3.63, 3.8) is 0 Å². The van der Waals surface area contributed by atoms with Gasteiger partial charge in [-0.3, -0.25) is 9.80 Å². The second-order valence-electron chi connectivity index (χ2n) is 6.08. The van der Waals surface area contributed by atoms with Crippen LogP contribution in [-0.2, 0) is 0 Å². The maximum absolute atomic E-state index is 14.0. The number of hydrogen-bond donors (Lipinski definition) is 1. The summed E-state index contributed by atoms with van der Waals surface area (Å²) in [4.78, 5) is 4.92. The summed E-state index contributed by atoms with van der Waals surface area (Å²) in [5.41, 5.74) is 0.423. The fraction of sp³-hybridized carbons (Fsp3) is 0.625. The number of fused-ring (bicyclic) bond motifs is 1. The lowest BCUT2D eigenvalue weighted by molar-refractivity contribution is 0.0967. The second kappa shape index (κ2) is 6.38. The minimum absolute atomic E-state index is 0.173. The predicted molar refractivity (Wildman–Crippen MR) is 79.2 cm³/mol. The first-order chi connectivity index (χ1) is 10.2. The number of likely N-dealkylation sites (N-methyl/N-ethyl adjacent to an activating group) is 1. The van der Waals surface area contributed by atoms with Gasteiger partial charge in [0.15, 0.2) is 11.6 Å². The molecule has 2 saturated heterocycles. The second-order valence-corrected chi connectivity index (χ2v) is 6.08. The summed E-state index contributed by atoms with van der Waals surface area (Å²) in [7, 11) is 1.81. The summed E-state index contributed by atoms with van der Waals surface area (Å²) >= 11 is 0. The molecule has 2 unspecified atom stereocenters. The molecule has 3 rings (SSSR count). The van der Waals surface area contributed by atoms with Crippen LogP contribution in [0.2, 0.25) is 0 Å². The van der Waals surface area contributed by atoms with Gasteiger partial charge in [0.05, 0.1) is 0 Å². The zero-order valence-corrected chi connectivity index (χ0v) is 12.5. The topological polar surface area (TPSA) is 18.5 Å². The van der Waals surface area contributed by atoms with E-state index in [1.807, 2.05) is 0 Å². The smallest absolute Gasteiger partial charge is 0.163 e. The number of piperazine rings is 1. The van der Waals surface area contributed by atoms with E-state index in [4.69, 9.17) is 0 Å². The van der Waals surface area contributed by atoms with Crippen molar-refractivity contribution in [3.05, 3.63) is 35.4 Å². The number of hydrogen-bond acceptors (Lipinski definition) is 3. The Morgan fingerprint density at radius 2 is 2.14 bits per heavy atom. The van der Waals surface area contributed by atoms with Crippen molar-refractivity contribution in [2.75, 3.05) is 39.8 Å². The molecule has 1 N–H and O–H groups in total. The van der Waals surface area contributed by atoms with Gasteiger partial charge in [0.2, 0.25) is 0 Å². The first-order valence-electron chi connectivity index (χ1n) is 7.76. The van der Waals surface area contributed by atoms with Crippen molar-refractivity contribution in [3.8, 4) is 0 Å². The molecule has 2 fully saturated rings. The molecular weight excluding hydrogens is 272 g/mol. The van der Waals surface area contributed by atoms with Crippen molar-refractivity contribution in [2.45, 2.75) is 24.9 Å². The minimum atomic E-state index is -0.770. The molecule has 2 aliphatic heterocycles. The number of rotatable bonds is 4. The summed E-state index contributed by atoms with van der Waals surface area (Å²) in [5, 5.41) is 3.13. The maximum Gasteiger partial charge on any atom is 0.163 e. The van der Waals surface area contributed by atoms with E-state index in [-0.39, 0.29) is 6.04 Å². The normalized spacial score (nSPS) is 25.0. The van der Waals surface area contributed by atoms with Crippen LogP contribution in [-0.4, -0.2) is 55.6 Å². The van der Waals surface area contributed by atoms with Crippen LogP contribution in [0.1, 0.15) is 24.4 Å². The largest absolute Gasteiger partial charge is 0.312 e. The number of nitrogens with zero attached hydrogens (tertiary/aromatic N) is 2. The van der Waals surface area contributed by atoms with Gasteiger partial charge < -0.3 is 5.32 Å². The molecule has 3 nitrogen and oxygen atoms in total. The Morgan fingerprint density at radius 3 is 2.95 bits per heavy atom. The average Bonchev–Trinajstić information content (AvgIpc) is 2.95. The average molecular weight is 295 g/mol. The van der Waals surface area contributed by atoms with E-state index in [0.717, 1.165) is 26.2 Å². The predicted octanol–water partition coefficient (Wildman–Crippen LogP) is 2.01. The zero-order valence-electron chi connectivity index (χ0n) is 12.5. The van der Waals surface area contributed by atoms with E-state index in [1.165, 1.54) is 25.5 Å². The van der Waals surface area contributed by atoms with Crippen molar-refractivity contribution in [1.29, 1.82) is 0 Å². The molecule has 0 aromatic heterocycles. The lowest BCUT2D eigenvalue weighted by Gasteiger charge is -2.39. The third-order valence-electron chi connectivity index (χ3n) is 4.82. The third-order valence-corrected chi connectivity index (χ3v) is 4.82. The fourth-order valence-corrected chi connectivity index (χ4v) is 3.61. The Morgan fingerprint density at radius 1 is 1.29 bits per heavy atom.